The van der Waals surface area contributed by atoms with Gasteiger partial charge in [-0.1, -0.05) is 25.1 Å². The molecule has 2 heterocycles. The zero-order chi connectivity index (χ0) is 21.6. The van der Waals surface area contributed by atoms with Crippen LogP contribution in [0.15, 0.2) is 47.7 Å². The molecule has 1 aliphatic rings. The molecule has 1 fully saturated rings. The van der Waals surface area contributed by atoms with Crippen LogP contribution in [0.4, 0.5) is 19.1 Å². The van der Waals surface area contributed by atoms with E-state index in [1.54, 1.807) is 31.6 Å². The van der Waals surface area contributed by atoms with E-state index in [2.05, 4.69) is 30.1 Å². The molecule has 0 bridgehead atoms. The summed E-state index contributed by atoms with van der Waals surface area (Å²) < 4.78 is 38.8. The van der Waals surface area contributed by atoms with Crippen LogP contribution in [0.5, 0.6) is 0 Å². The highest BCUT2D eigenvalue weighted by atomic mass is 127. The van der Waals surface area contributed by atoms with E-state index in [0.29, 0.717) is 18.5 Å². The van der Waals surface area contributed by atoms with Crippen molar-refractivity contribution in [2.75, 3.05) is 44.7 Å². The molecule has 2 aromatic rings. The lowest BCUT2D eigenvalue weighted by Gasteiger charge is -2.36. The van der Waals surface area contributed by atoms with Gasteiger partial charge >= 0.3 is 6.18 Å². The minimum Gasteiger partial charge on any atom is -0.356 e. The molecule has 6 nitrogen and oxygen atoms in total. The summed E-state index contributed by atoms with van der Waals surface area (Å²) in [6.45, 7) is 5.75. The fourth-order valence-corrected chi connectivity index (χ4v) is 3.49. The Morgan fingerprint density at radius 2 is 1.81 bits per heavy atom. The Bertz CT molecular complexity index is 839. The Morgan fingerprint density at radius 1 is 1.13 bits per heavy atom. The Balaban J connectivity index is 0.00000341. The monoisotopic (exact) mass is 548 g/mol. The maximum Gasteiger partial charge on any atom is 0.416 e. The third kappa shape index (κ3) is 6.94. The quantitative estimate of drug-likeness (QED) is 0.348. The van der Waals surface area contributed by atoms with E-state index in [1.165, 1.54) is 12.1 Å². The minimum absolute atomic E-state index is 0. The number of alkyl halides is 3. The van der Waals surface area contributed by atoms with Crippen LogP contribution in [0.25, 0.3) is 0 Å². The Kier molecular flexibility index (Phi) is 9.32. The second-order valence-electron chi connectivity index (χ2n) is 7.31. The van der Waals surface area contributed by atoms with Gasteiger partial charge in [0.2, 0.25) is 5.95 Å². The van der Waals surface area contributed by atoms with E-state index in [4.69, 9.17) is 0 Å². The van der Waals surface area contributed by atoms with Crippen LogP contribution >= 0.6 is 24.0 Å². The van der Waals surface area contributed by atoms with Crippen LogP contribution in [0.2, 0.25) is 0 Å². The van der Waals surface area contributed by atoms with Crippen molar-refractivity contribution in [1.29, 1.82) is 0 Å². The predicted octanol–water partition coefficient (Wildman–Crippen LogP) is 4.00. The maximum absolute atomic E-state index is 12.9. The number of hydrogen-bond donors (Lipinski definition) is 1. The fraction of sp³-hybridized carbons (Fsp3) is 0.476. The zero-order valence-corrected chi connectivity index (χ0v) is 20.0. The van der Waals surface area contributed by atoms with Gasteiger partial charge in [0.25, 0.3) is 0 Å². The average Bonchev–Trinajstić information content (AvgIpc) is 2.77. The van der Waals surface area contributed by atoms with Gasteiger partial charge in [0.1, 0.15) is 0 Å². The fourth-order valence-electron chi connectivity index (χ4n) is 3.49. The molecule has 1 aromatic carbocycles. The number of halogens is 4. The molecular weight excluding hydrogens is 520 g/mol. The lowest BCUT2D eigenvalue weighted by atomic mass is 9.96. The SMILES string of the molecule is CN=C(NCCC(C)c1cccc(C(F)(F)F)c1)N1CCN(c2ncccn2)CC1.I. The molecule has 31 heavy (non-hydrogen) atoms. The number of nitrogens with zero attached hydrogens (tertiary/aromatic N) is 5. The highest BCUT2D eigenvalue weighted by molar-refractivity contribution is 14.0. The number of anilines is 1. The molecule has 1 aliphatic heterocycles. The van der Waals surface area contributed by atoms with Crippen molar-refractivity contribution in [2.24, 2.45) is 4.99 Å². The molecule has 3 rings (SSSR count). The number of guanidine groups is 1. The number of nitrogens with one attached hydrogen (secondary N) is 1. The smallest absolute Gasteiger partial charge is 0.356 e. The van der Waals surface area contributed by atoms with E-state index >= 15 is 0 Å². The van der Waals surface area contributed by atoms with E-state index in [-0.39, 0.29) is 29.9 Å². The van der Waals surface area contributed by atoms with Crippen molar-refractivity contribution < 1.29 is 13.2 Å². The molecule has 0 aliphatic carbocycles. The van der Waals surface area contributed by atoms with Gasteiger partial charge in [-0.3, -0.25) is 4.99 Å². The van der Waals surface area contributed by atoms with Gasteiger partial charge < -0.3 is 15.1 Å². The van der Waals surface area contributed by atoms with Crippen LogP contribution in [-0.2, 0) is 6.18 Å². The summed E-state index contributed by atoms with van der Waals surface area (Å²) in [7, 11) is 1.74. The van der Waals surface area contributed by atoms with Gasteiger partial charge in [-0.15, -0.1) is 24.0 Å². The lowest BCUT2D eigenvalue weighted by molar-refractivity contribution is -0.137. The predicted molar refractivity (Wildman–Crippen MR) is 127 cm³/mol. The van der Waals surface area contributed by atoms with Crippen LogP contribution in [0.1, 0.15) is 30.4 Å². The first-order chi connectivity index (χ1) is 14.4. The molecule has 0 radical (unpaired) electrons. The summed E-state index contributed by atoms with van der Waals surface area (Å²) in [6.07, 6.45) is -0.136. The summed E-state index contributed by atoms with van der Waals surface area (Å²) in [5, 5.41) is 3.34. The van der Waals surface area contributed by atoms with Crippen molar-refractivity contribution in [2.45, 2.75) is 25.4 Å². The molecule has 1 saturated heterocycles. The normalized spacial score (nSPS) is 16.0. The van der Waals surface area contributed by atoms with Gasteiger partial charge in [-0.25, -0.2) is 9.97 Å². The summed E-state index contributed by atoms with van der Waals surface area (Å²) in [6, 6.07) is 7.36. The average molecular weight is 548 g/mol. The molecule has 170 valence electrons. The Hall–Kier alpha value is -2.11. The second-order valence-corrected chi connectivity index (χ2v) is 7.31. The Morgan fingerprint density at radius 3 is 2.42 bits per heavy atom. The highest BCUT2D eigenvalue weighted by Gasteiger charge is 2.30. The van der Waals surface area contributed by atoms with E-state index in [1.807, 2.05) is 6.92 Å². The van der Waals surface area contributed by atoms with Gasteiger partial charge in [0, 0.05) is 52.2 Å². The van der Waals surface area contributed by atoms with Crippen LogP contribution in [0, 0.1) is 0 Å². The number of piperazine rings is 1. The maximum atomic E-state index is 12.9. The first kappa shape index (κ1) is 25.2. The van der Waals surface area contributed by atoms with E-state index < -0.39 is 11.7 Å². The molecule has 1 atom stereocenters. The first-order valence-electron chi connectivity index (χ1n) is 10.0. The standard InChI is InChI=1S/C21H27F3N6.HI/c1-16(17-5-3-6-18(15-17)21(22,23)24)7-10-28-19(25-2)29-11-13-30(14-12-29)20-26-8-4-9-27-20;/h3-6,8-9,15-16H,7,10-14H2,1-2H3,(H,25,28);1H. The van der Waals surface area contributed by atoms with E-state index in [9.17, 15) is 13.2 Å². The first-order valence-corrected chi connectivity index (χ1v) is 10.0. The van der Waals surface area contributed by atoms with Crippen LogP contribution in [-0.4, -0.2) is 60.6 Å². The van der Waals surface area contributed by atoms with Gasteiger partial charge in [0.05, 0.1) is 5.56 Å². The second kappa shape index (κ2) is 11.5. The van der Waals surface area contributed by atoms with E-state index in [0.717, 1.165) is 44.2 Å². The largest absolute Gasteiger partial charge is 0.416 e. The number of rotatable bonds is 5. The molecule has 10 heteroatoms. The summed E-state index contributed by atoms with van der Waals surface area (Å²) in [5.74, 6) is 1.54. The third-order valence-corrected chi connectivity index (χ3v) is 5.27. The van der Waals surface area contributed by atoms with Crippen molar-refractivity contribution >= 4 is 35.9 Å². The number of aliphatic imine (C=N–C) groups is 1. The molecule has 0 saturated carbocycles. The molecule has 0 amide bonds. The van der Waals surface area contributed by atoms with Crippen molar-refractivity contribution in [1.82, 2.24) is 20.2 Å². The van der Waals surface area contributed by atoms with Gasteiger partial charge in [-0.05, 0) is 30.0 Å². The highest BCUT2D eigenvalue weighted by Crippen LogP contribution is 2.31. The van der Waals surface area contributed by atoms with Crippen molar-refractivity contribution in [3.05, 3.63) is 53.9 Å². The van der Waals surface area contributed by atoms with Gasteiger partial charge in [0.15, 0.2) is 5.96 Å². The van der Waals surface area contributed by atoms with Crippen LogP contribution < -0.4 is 10.2 Å². The molecule has 1 N–H and O–H groups in total. The summed E-state index contributed by atoms with van der Waals surface area (Å²) in [4.78, 5) is 17.3. The number of aromatic nitrogens is 2. The Labute approximate surface area is 198 Å². The van der Waals surface area contributed by atoms with Gasteiger partial charge in [-0.2, -0.15) is 13.2 Å². The summed E-state index contributed by atoms with van der Waals surface area (Å²) in [5.41, 5.74) is 0.0916. The topological polar surface area (TPSA) is 56.7 Å². The lowest BCUT2D eigenvalue weighted by Crippen LogP contribution is -2.53. The molecular formula is C21H28F3IN6. The number of benzene rings is 1. The third-order valence-electron chi connectivity index (χ3n) is 5.27. The molecule has 0 spiro atoms. The van der Waals surface area contributed by atoms with Crippen LogP contribution in [0.3, 0.4) is 0 Å². The molecule has 1 unspecified atom stereocenters. The minimum atomic E-state index is -4.32. The van der Waals surface area contributed by atoms with Crippen molar-refractivity contribution in [3.63, 3.8) is 0 Å². The number of hydrogen-bond acceptors (Lipinski definition) is 4. The zero-order valence-electron chi connectivity index (χ0n) is 17.6. The summed E-state index contributed by atoms with van der Waals surface area (Å²) >= 11 is 0. The molecule has 1 aromatic heterocycles. The van der Waals surface area contributed by atoms with Crippen molar-refractivity contribution in [3.8, 4) is 0 Å².